The molecule has 0 radical (unpaired) electrons. The summed E-state index contributed by atoms with van der Waals surface area (Å²) >= 11 is 0. The van der Waals surface area contributed by atoms with Crippen molar-refractivity contribution in [2.75, 3.05) is 24.3 Å². The van der Waals surface area contributed by atoms with Crippen LogP contribution in [0.3, 0.4) is 0 Å². The van der Waals surface area contributed by atoms with Crippen molar-refractivity contribution < 1.29 is 4.74 Å². The zero-order valence-electron chi connectivity index (χ0n) is 10.5. The normalized spacial score (nSPS) is 31.3. The van der Waals surface area contributed by atoms with Gasteiger partial charge in [-0.05, 0) is 32.1 Å². The molecule has 2 atom stereocenters. The van der Waals surface area contributed by atoms with Crippen molar-refractivity contribution in [2.45, 2.75) is 43.7 Å². The molecule has 18 heavy (non-hydrogen) atoms. The summed E-state index contributed by atoms with van der Waals surface area (Å²) in [7, 11) is 1.66. The largest absolute Gasteiger partial charge is 0.383 e. The lowest BCUT2D eigenvalue weighted by molar-refractivity contribution is 0.00274. The number of rotatable bonds is 3. The molecule has 5 heteroatoms. The van der Waals surface area contributed by atoms with E-state index in [9.17, 15) is 9.59 Å². The van der Waals surface area contributed by atoms with E-state index in [0.29, 0.717) is 11.4 Å². The van der Waals surface area contributed by atoms with Gasteiger partial charge >= 0.3 is 0 Å². The van der Waals surface area contributed by atoms with Gasteiger partial charge in [0.2, 0.25) is 0 Å². The Kier molecular flexibility index (Phi) is 2.66. The van der Waals surface area contributed by atoms with Crippen molar-refractivity contribution in [3.63, 3.8) is 0 Å². The van der Waals surface area contributed by atoms with Crippen molar-refractivity contribution in [2.24, 2.45) is 0 Å². The third-order valence-corrected chi connectivity index (χ3v) is 4.34. The molecule has 1 saturated heterocycles. The molecule has 1 spiro atoms. The molecule has 3 rings (SSSR count). The van der Waals surface area contributed by atoms with Crippen molar-refractivity contribution in [3.05, 3.63) is 20.4 Å². The average Bonchev–Trinajstić information content (AvgIpc) is 3.00. The molecule has 98 valence electrons. The molecule has 1 saturated carbocycles. The second-order valence-corrected chi connectivity index (χ2v) is 5.26. The van der Waals surface area contributed by atoms with Crippen LogP contribution in [0.25, 0.3) is 0 Å². The molecule has 1 aliphatic carbocycles. The van der Waals surface area contributed by atoms with Gasteiger partial charge in [0.05, 0.1) is 11.6 Å². The standard InChI is InChI=1S/C13H18N2O3/c1-14-9-10(12(17)11(9)16)15-8-4-2-5-13(8)6-3-7-18-13/h8,14-15H,2-7H2,1H3. The van der Waals surface area contributed by atoms with Crippen LogP contribution < -0.4 is 21.5 Å². The fraction of sp³-hybridized carbons (Fsp3) is 0.692. The first kappa shape index (κ1) is 11.7. The first-order valence-corrected chi connectivity index (χ1v) is 6.59. The number of hydrogen-bond donors (Lipinski definition) is 2. The molecule has 2 aliphatic rings. The molecule has 2 N–H and O–H groups in total. The molecular weight excluding hydrogens is 232 g/mol. The zero-order chi connectivity index (χ0) is 12.8. The lowest BCUT2D eigenvalue weighted by Gasteiger charge is -2.32. The minimum absolute atomic E-state index is 0.106. The van der Waals surface area contributed by atoms with E-state index in [4.69, 9.17) is 4.74 Å². The minimum Gasteiger partial charge on any atom is -0.383 e. The Morgan fingerprint density at radius 3 is 2.56 bits per heavy atom. The lowest BCUT2D eigenvalue weighted by Crippen LogP contribution is -2.46. The third-order valence-electron chi connectivity index (χ3n) is 4.34. The fourth-order valence-electron chi connectivity index (χ4n) is 3.38. The van der Waals surface area contributed by atoms with Gasteiger partial charge in [0.15, 0.2) is 0 Å². The smallest absolute Gasteiger partial charge is 0.253 e. The minimum atomic E-state index is -0.417. The quantitative estimate of drug-likeness (QED) is 0.778. The molecule has 1 aromatic carbocycles. The molecule has 0 bridgehead atoms. The zero-order valence-corrected chi connectivity index (χ0v) is 10.5. The molecule has 1 heterocycles. The second kappa shape index (κ2) is 4.09. The van der Waals surface area contributed by atoms with Gasteiger partial charge in [-0.2, -0.15) is 0 Å². The van der Waals surface area contributed by atoms with E-state index in [-0.39, 0.29) is 11.6 Å². The molecule has 0 aromatic heterocycles. The van der Waals surface area contributed by atoms with Gasteiger partial charge in [0, 0.05) is 13.7 Å². The summed E-state index contributed by atoms with van der Waals surface area (Å²) in [6, 6.07) is 0.162. The average molecular weight is 250 g/mol. The van der Waals surface area contributed by atoms with E-state index in [1.807, 2.05) is 0 Å². The van der Waals surface area contributed by atoms with Crippen LogP contribution in [0, 0.1) is 0 Å². The van der Waals surface area contributed by atoms with E-state index >= 15 is 0 Å². The van der Waals surface area contributed by atoms with Crippen LogP contribution in [-0.4, -0.2) is 25.3 Å². The van der Waals surface area contributed by atoms with Gasteiger partial charge < -0.3 is 15.4 Å². The highest BCUT2D eigenvalue weighted by Crippen LogP contribution is 2.42. The number of nitrogens with one attached hydrogen (secondary N) is 2. The van der Waals surface area contributed by atoms with Gasteiger partial charge in [-0.15, -0.1) is 0 Å². The maximum absolute atomic E-state index is 11.6. The summed E-state index contributed by atoms with van der Waals surface area (Å²) in [4.78, 5) is 22.9. The van der Waals surface area contributed by atoms with Crippen LogP contribution >= 0.6 is 0 Å². The third kappa shape index (κ3) is 1.50. The highest BCUT2D eigenvalue weighted by Gasteiger charge is 2.47. The summed E-state index contributed by atoms with van der Waals surface area (Å²) in [5.41, 5.74) is -0.0618. The van der Waals surface area contributed by atoms with Gasteiger partial charge in [-0.3, -0.25) is 9.59 Å². The van der Waals surface area contributed by atoms with Crippen LogP contribution in [0.15, 0.2) is 9.59 Å². The maximum atomic E-state index is 11.6. The summed E-state index contributed by atoms with van der Waals surface area (Å²) in [5, 5.41) is 6.04. The molecular formula is C13H18N2O3. The van der Waals surface area contributed by atoms with E-state index in [2.05, 4.69) is 10.6 Å². The van der Waals surface area contributed by atoms with Crippen LogP contribution in [-0.2, 0) is 4.74 Å². The Hall–Kier alpha value is -1.36. The fourth-order valence-corrected chi connectivity index (χ4v) is 3.38. The summed E-state index contributed by atoms with van der Waals surface area (Å²) in [6.45, 7) is 0.809. The summed E-state index contributed by atoms with van der Waals surface area (Å²) in [6.07, 6.45) is 5.30. The van der Waals surface area contributed by atoms with Gasteiger partial charge in [0.25, 0.3) is 10.9 Å². The maximum Gasteiger partial charge on any atom is 0.253 e. The summed E-state index contributed by atoms with van der Waals surface area (Å²) in [5.74, 6) is 0. The first-order chi connectivity index (χ1) is 8.68. The molecule has 2 fully saturated rings. The SMILES string of the molecule is CNc1c(NC2CCCC23CCCO3)c(=O)c1=O. The lowest BCUT2D eigenvalue weighted by atomic mass is 9.93. The predicted molar refractivity (Wildman–Crippen MR) is 70.1 cm³/mol. The van der Waals surface area contributed by atoms with Crippen LogP contribution in [0.1, 0.15) is 32.1 Å². The Morgan fingerprint density at radius 1 is 1.17 bits per heavy atom. The van der Waals surface area contributed by atoms with Crippen molar-refractivity contribution in [3.8, 4) is 0 Å². The number of anilines is 2. The van der Waals surface area contributed by atoms with Gasteiger partial charge in [-0.1, -0.05) is 0 Å². The van der Waals surface area contributed by atoms with Crippen molar-refractivity contribution >= 4 is 11.4 Å². The highest BCUT2D eigenvalue weighted by atomic mass is 16.5. The first-order valence-electron chi connectivity index (χ1n) is 6.59. The Labute approximate surface area is 105 Å². The van der Waals surface area contributed by atoms with Crippen molar-refractivity contribution in [1.29, 1.82) is 0 Å². The Morgan fingerprint density at radius 2 is 1.89 bits per heavy atom. The van der Waals surface area contributed by atoms with Crippen molar-refractivity contribution in [1.82, 2.24) is 0 Å². The summed E-state index contributed by atoms with van der Waals surface area (Å²) < 4.78 is 5.91. The molecule has 2 unspecified atom stereocenters. The van der Waals surface area contributed by atoms with Crippen LogP contribution in [0.4, 0.5) is 11.4 Å². The van der Waals surface area contributed by atoms with Crippen LogP contribution in [0.5, 0.6) is 0 Å². The second-order valence-electron chi connectivity index (χ2n) is 5.26. The molecule has 5 nitrogen and oxygen atoms in total. The van der Waals surface area contributed by atoms with E-state index in [1.165, 1.54) is 0 Å². The van der Waals surface area contributed by atoms with E-state index in [0.717, 1.165) is 38.7 Å². The monoisotopic (exact) mass is 250 g/mol. The van der Waals surface area contributed by atoms with Gasteiger partial charge in [0.1, 0.15) is 11.4 Å². The Bertz CT molecular complexity index is 519. The molecule has 0 amide bonds. The van der Waals surface area contributed by atoms with E-state index in [1.54, 1.807) is 7.05 Å². The topological polar surface area (TPSA) is 67.4 Å². The number of hydrogen-bond acceptors (Lipinski definition) is 5. The predicted octanol–water partition coefficient (Wildman–Crippen LogP) is 0.838. The highest BCUT2D eigenvalue weighted by molar-refractivity contribution is 5.74. The van der Waals surface area contributed by atoms with Crippen LogP contribution in [0.2, 0.25) is 0 Å². The molecule has 1 aromatic rings. The Balaban J connectivity index is 1.82. The van der Waals surface area contributed by atoms with Gasteiger partial charge in [-0.25, -0.2) is 0 Å². The number of ether oxygens (including phenoxy) is 1. The van der Waals surface area contributed by atoms with E-state index < -0.39 is 10.9 Å². The molecule has 1 aliphatic heterocycles.